The van der Waals surface area contributed by atoms with Gasteiger partial charge in [-0.1, -0.05) is 23.7 Å². The fraction of sp³-hybridized carbons (Fsp3) is 0.357. The van der Waals surface area contributed by atoms with Crippen LogP contribution in [0.25, 0.3) is 0 Å². The van der Waals surface area contributed by atoms with Gasteiger partial charge in [0, 0.05) is 0 Å². The van der Waals surface area contributed by atoms with Gasteiger partial charge in [0.2, 0.25) is 5.00 Å². The molecular formula is C14H11Cl2NO4. The fourth-order valence-corrected chi connectivity index (χ4v) is 3.30. The number of halogens is 2. The molecule has 0 unspecified atom stereocenters. The summed E-state index contributed by atoms with van der Waals surface area (Å²) in [7, 11) is 0. The van der Waals surface area contributed by atoms with Gasteiger partial charge in [0.25, 0.3) is 11.8 Å². The molecule has 1 saturated heterocycles. The van der Waals surface area contributed by atoms with Gasteiger partial charge in [0.15, 0.2) is 0 Å². The smallest absolute Gasteiger partial charge is 0.350 e. The van der Waals surface area contributed by atoms with Gasteiger partial charge in [-0.25, -0.2) is 9.69 Å². The SMILES string of the molecule is CC1(C)OC(=O)[C@@](Cl)(N2C(=O)c3ccccc3C2=O)[C@H]1Cl. The maximum Gasteiger partial charge on any atom is 0.350 e. The van der Waals surface area contributed by atoms with Crippen molar-refractivity contribution in [2.45, 2.75) is 29.8 Å². The largest absolute Gasteiger partial charge is 0.455 e. The highest BCUT2D eigenvalue weighted by Crippen LogP contribution is 2.47. The van der Waals surface area contributed by atoms with Crippen molar-refractivity contribution in [2.75, 3.05) is 0 Å². The van der Waals surface area contributed by atoms with Crippen molar-refractivity contribution in [3.05, 3.63) is 35.4 Å². The number of fused-ring (bicyclic) bond motifs is 1. The van der Waals surface area contributed by atoms with Crippen LogP contribution < -0.4 is 0 Å². The van der Waals surface area contributed by atoms with Crippen molar-refractivity contribution >= 4 is 41.0 Å². The zero-order chi connectivity index (χ0) is 15.6. The first-order valence-electron chi connectivity index (χ1n) is 6.25. The van der Waals surface area contributed by atoms with E-state index in [9.17, 15) is 14.4 Å². The fourth-order valence-electron chi connectivity index (χ4n) is 2.62. The van der Waals surface area contributed by atoms with Crippen molar-refractivity contribution in [1.82, 2.24) is 4.90 Å². The number of esters is 1. The third-order valence-corrected chi connectivity index (χ3v) is 5.20. The number of hydrogen-bond donors (Lipinski definition) is 0. The molecular weight excluding hydrogens is 317 g/mol. The lowest BCUT2D eigenvalue weighted by Gasteiger charge is -2.31. The summed E-state index contributed by atoms with van der Waals surface area (Å²) in [5.41, 5.74) is -0.691. The van der Waals surface area contributed by atoms with E-state index in [4.69, 9.17) is 27.9 Å². The molecule has 3 rings (SSSR count). The molecule has 21 heavy (non-hydrogen) atoms. The maximum absolute atomic E-state index is 12.5. The number of carbonyl (C=O) groups excluding carboxylic acids is 3. The molecule has 0 N–H and O–H groups in total. The minimum Gasteiger partial charge on any atom is -0.455 e. The van der Waals surface area contributed by atoms with Gasteiger partial charge in [-0.15, -0.1) is 11.6 Å². The molecule has 1 aromatic carbocycles. The summed E-state index contributed by atoms with van der Waals surface area (Å²) in [4.78, 5) is 35.7. The Kier molecular flexibility index (Phi) is 2.88. The van der Waals surface area contributed by atoms with Crippen molar-refractivity contribution in [3.63, 3.8) is 0 Å². The summed E-state index contributed by atoms with van der Waals surface area (Å²) in [5, 5.41) is -1.07. The predicted octanol–water partition coefficient (Wildman–Crippen LogP) is 2.16. The number of rotatable bonds is 1. The molecule has 2 aliphatic rings. The van der Waals surface area contributed by atoms with Crippen LogP contribution in [0, 0.1) is 0 Å². The predicted molar refractivity (Wildman–Crippen MR) is 75.3 cm³/mol. The average molecular weight is 328 g/mol. The molecule has 2 aliphatic heterocycles. The monoisotopic (exact) mass is 327 g/mol. The van der Waals surface area contributed by atoms with Crippen LogP contribution in [-0.4, -0.2) is 38.7 Å². The average Bonchev–Trinajstić information content (AvgIpc) is 2.77. The van der Waals surface area contributed by atoms with Crippen molar-refractivity contribution in [3.8, 4) is 0 Å². The lowest BCUT2D eigenvalue weighted by atomic mass is 10.0. The number of carbonyl (C=O) groups is 3. The Morgan fingerprint density at radius 1 is 1.10 bits per heavy atom. The summed E-state index contributed by atoms with van der Waals surface area (Å²) in [6.07, 6.45) is 0. The summed E-state index contributed by atoms with van der Waals surface area (Å²) >= 11 is 12.6. The molecule has 2 heterocycles. The first-order valence-corrected chi connectivity index (χ1v) is 7.07. The standard InChI is InChI=1S/C14H11Cl2NO4/c1-13(2)11(15)14(16,12(20)21-13)17-9(18)7-5-3-4-6-8(7)10(17)19/h3-6,11H,1-2H3/t11-,14-/m0/s1. The Bertz CT molecular complexity index is 652. The summed E-state index contributed by atoms with van der Waals surface area (Å²) < 4.78 is 5.14. The van der Waals surface area contributed by atoms with Crippen molar-refractivity contribution < 1.29 is 19.1 Å². The van der Waals surface area contributed by atoms with E-state index in [1.165, 1.54) is 12.1 Å². The molecule has 0 bridgehead atoms. The van der Waals surface area contributed by atoms with E-state index in [2.05, 4.69) is 0 Å². The van der Waals surface area contributed by atoms with E-state index in [1.54, 1.807) is 26.0 Å². The van der Waals surface area contributed by atoms with Crippen molar-refractivity contribution in [2.24, 2.45) is 0 Å². The first-order chi connectivity index (χ1) is 9.71. The first kappa shape index (κ1) is 14.4. The number of cyclic esters (lactones) is 1. The molecule has 0 radical (unpaired) electrons. The molecule has 110 valence electrons. The molecule has 0 spiro atoms. The second-order valence-corrected chi connectivity index (χ2v) is 6.53. The van der Waals surface area contributed by atoms with E-state index in [-0.39, 0.29) is 11.1 Å². The Balaban J connectivity index is 2.13. The van der Waals surface area contributed by atoms with Gasteiger partial charge in [0.1, 0.15) is 11.0 Å². The highest BCUT2D eigenvalue weighted by molar-refractivity contribution is 6.45. The van der Waals surface area contributed by atoms with Gasteiger partial charge in [-0.2, -0.15) is 0 Å². The highest BCUT2D eigenvalue weighted by Gasteiger charge is 2.67. The lowest BCUT2D eigenvalue weighted by Crippen LogP contribution is -2.57. The normalized spacial score (nSPS) is 30.6. The van der Waals surface area contributed by atoms with Gasteiger partial charge in [-0.3, -0.25) is 9.59 Å². The number of alkyl halides is 2. The maximum atomic E-state index is 12.5. The second-order valence-electron chi connectivity index (χ2n) is 5.52. The van der Waals surface area contributed by atoms with E-state index >= 15 is 0 Å². The van der Waals surface area contributed by atoms with Crippen molar-refractivity contribution in [1.29, 1.82) is 0 Å². The molecule has 2 atom stereocenters. The van der Waals surface area contributed by atoms with E-state index in [1.807, 2.05) is 0 Å². The van der Waals surface area contributed by atoms with Gasteiger partial charge >= 0.3 is 5.97 Å². The number of amides is 2. The van der Waals surface area contributed by atoms with Gasteiger partial charge in [-0.05, 0) is 26.0 Å². The van der Waals surface area contributed by atoms with E-state index < -0.39 is 33.8 Å². The Hall–Kier alpha value is -1.59. The lowest BCUT2D eigenvalue weighted by molar-refractivity contribution is -0.149. The van der Waals surface area contributed by atoms with Crippen LogP contribution in [-0.2, 0) is 9.53 Å². The van der Waals surface area contributed by atoms with Crippen LogP contribution in [0.2, 0.25) is 0 Å². The van der Waals surface area contributed by atoms with Crippen LogP contribution in [0.3, 0.4) is 0 Å². The van der Waals surface area contributed by atoms with E-state index in [0.717, 1.165) is 0 Å². The highest BCUT2D eigenvalue weighted by atomic mass is 35.5. The van der Waals surface area contributed by atoms with Gasteiger partial charge < -0.3 is 4.74 Å². The molecule has 0 aromatic heterocycles. The number of benzene rings is 1. The molecule has 0 saturated carbocycles. The molecule has 1 fully saturated rings. The summed E-state index contributed by atoms with van der Waals surface area (Å²) in [6.45, 7) is 3.15. The molecule has 2 amide bonds. The zero-order valence-corrected chi connectivity index (χ0v) is 12.7. The number of imide groups is 1. The quantitative estimate of drug-likeness (QED) is 0.343. The van der Waals surface area contributed by atoms with E-state index in [0.29, 0.717) is 4.90 Å². The van der Waals surface area contributed by atoms with Crippen LogP contribution in [0.4, 0.5) is 0 Å². The number of nitrogens with zero attached hydrogens (tertiary/aromatic N) is 1. The van der Waals surface area contributed by atoms with Crippen LogP contribution in [0.5, 0.6) is 0 Å². The Morgan fingerprint density at radius 3 is 1.95 bits per heavy atom. The minimum atomic E-state index is -2.04. The van der Waals surface area contributed by atoms with Crippen LogP contribution in [0.15, 0.2) is 24.3 Å². The zero-order valence-electron chi connectivity index (χ0n) is 11.2. The topological polar surface area (TPSA) is 63.7 Å². The van der Waals surface area contributed by atoms with Crippen LogP contribution in [0.1, 0.15) is 34.6 Å². The molecule has 5 nitrogen and oxygen atoms in total. The van der Waals surface area contributed by atoms with Crippen LogP contribution >= 0.6 is 23.2 Å². The summed E-state index contributed by atoms with van der Waals surface area (Å²) in [5.74, 6) is -2.19. The molecule has 1 aromatic rings. The number of ether oxygens (including phenoxy) is 1. The third-order valence-electron chi connectivity index (χ3n) is 3.71. The summed E-state index contributed by atoms with van der Waals surface area (Å²) in [6, 6.07) is 6.27. The Morgan fingerprint density at radius 2 is 1.57 bits per heavy atom. The minimum absolute atomic E-state index is 0.198. The third kappa shape index (κ3) is 1.67. The number of hydrogen-bond acceptors (Lipinski definition) is 4. The Labute approximate surface area is 130 Å². The second kappa shape index (κ2) is 4.21. The molecule has 0 aliphatic carbocycles. The molecule has 7 heteroatoms. The van der Waals surface area contributed by atoms with Gasteiger partial charge in [0.05, 0.1) is 11.1 Å².